The predicted octanol–water partition coefficient (Wildman–Crippen LogP) is 5.31. The minimum absolute atomic E-state index is 0.505. The molecule has 1 aliphatic rings. The molecule has 21 heavy (non-hydrogen) atoms. The molecule has 1 aromatic rings. The molecule has 0 atom stereocenters. The number of likely N-dealkylation sites (tertiary alicyclic amines) is 1. The maximum atomic E-state index is 2.68. The number of hydrogen-bond acceptors (Lipinski definition) is 1. The molecule has 1 heteroatoms. The van der Waals surface area contributed by atoms with E-state index >= 15 is 0 Å². The van der Waals surface area contributed by atoms with Crippen LogP contribution in [-0.2, 0) is 0 Å². The highest BCUT2D eigenvalue weighted by atomic mass is 15.1. The van der Waals surface area contributed by atoms with Crippen molar-refractivity contribution in [1.29, 1.82) is 0 Å². The van der Waals surface area contributed by atoms with Crippen LogP contribution in [0.1, 0.15) is 69.1 Å². The number of rotatable bonds is 5. The molecule has 0 aliphatic carbocycles. The molecule has 1 aromatic carbocycles. The summed E-state index contributed by atoms with van der Waals surface area (Å²) < 4.78 is 0. The van der Waals surface area contributed by atoms with E-state index in [1.807, 2.05) is 0 Å². The van der Waals surface area contributed by atoms with Crippen LogP contribution < -0.4 is 0 Å². The first kappa shape index (κ1) is 16.5. The Hall–Kier alpha value is -0.820. The average molecular weight is 287 g/mol. The first-order valence-electron chi connectivity index (χ1n) is 8.71. The topological polar surface area (TPSA) is 3.24 Å². The van der Waals surface area contributed by atoms with Gasteiger partial charge in [-0.25, -0.2) is 0 Å². The Labute approximate surface area is 131 Å². The summed E-state index contributed by atoms with van der Waals surface area (Å²) in [6.45, 7) is 15.4. The van der Waals surface area contributed by atoms with Gasteiger partial charge in [-0.1, -0.05) is 45.4 Å². The van der Waals surface area contributed by atoms with Crippen molar-refractivity contribution < 1.29 is 0 Å². The van der Waals surface area contributed by atoms with Crippen LogP contribution >= 0.6 is 0 Å². The molecule has 0 radical (unpaired) electrons. The van der Waals surface area contributed by atoms with E-state index in [1.54, 1.807) is 5.56 Å². The highest BCUT2D eigenvalue weighted by Gasteiger charge is 2.22. The lowest BCUT2D eigenvalue weighted by molar-refractivity contribution is 0.176. The van der Waals surface area contributed by atoms with E-state index in [2.05, 4.69) is 57.7 Å². The van der Waals surface area contributed by atoms with Crippen molar-refractivity contribution in [2.24, 2.45) is 5.41 Å². The second-order valence-corrected chi connectivity index (χ2v) is 7.73. The van der Waals surface area contributed by atoms with Crippen LogP contribution in [0.3, 0.4) is 0 Å². The summed E-state index contributed by atoms with van der Waals surface area (Å²) in [6, 6.07) is 7.06. The molecule has 0 amide bonds. The number of nitrogens with zero attached hydrogens (tertiary/aromatic N) is 1. The summed E-state index contributed by atoms with van der Waals surface area (Å²) in [4.78, 5) is 2.68. The summed E-state index contributed by atoms with van der Waals surface area (Å²) >= 11 is 0. The number of hydrogen-bond donors (Lipinski definition) is 0. The van der Waals surface area contributed by atoms with Crippen LogP contribution in [0.2, 0.25) is 0 Å². The van der Waals surface area contributed by atoms with Gasteiger partial charge in [0, 0.05) is 0 Å². The van der Waals surface area contributed by atoms with Crippen LogP contribution in [0.5, 0.6) is 0 Å². The van der Waals surface area contributed by atoms with Crippen molar-refractivity contribution in [1.82, 2.24) is 4.90 Å². The van der Waals surface area contributed by atoms with Crippen LogP contribution in [0, 0.1) is 19.3 Å². The molecular formula is C20H33N. The SMILES string of the molecule is CCC(C)(C)CCN1CCC(c2ccc(C)c(C)c2)CC1. The van der Waals surface area contributed by atoms with Gasteiger partial charge in [0.1, 0.15) is 0 Å². The third kappa shape index (κ3) is 4.57. The van der Waals surface area contributed by atoms with Gasteiger partial charge >= 0.3 is 0 Å². The van der Waals surface area contributed by atoms with Gasteiger partial charge in [0.2, 0.25) is 0 Å². The van der Waals surface area contributed by atoms with Crippen LogP contribution in [0.25, 0.3) is 0 Å². The van der Waals surface area contributed by atoms with Crippen molar-refractivity contribution in [3.63, 3.8) is 0 Å². The first-order chi connectivity index (χ1) is 9.91. The van der Waals surface area contributed by atoms with Crippen molar-refractivity contribution in [2.45, 2.75) is 66.2 Å². The highest BCUT2D eigenvalue weighted by molar-refractivity contribution is 5.32. The van der Waals surface area contributed by atoms with Gasteiger partial charge < -0.3 is 4.90 Å². The second-order valence-electron chi connectivity index (χ2n) is 7.73. The Morgan fingerprint density at radius 2 is 1.76 bits per heavy atom. The van der Waals surface area contributed by atoms with E-state index in [4.69, 9.17) is 0 Å². The molecule has 0 bridgehead atoms. The zero-order valence-corrected chi connectivity index (χ0v) is 14.7. The molecule has 1 fully saturated rings. The summed E-state index contributed by atoms with van der Waals surface area (Å²) in [5.41, 5.74) is 4.93. The standard InChI is InChI=1S/C20H33N/c1-6-20(4,5)11-14-21-12-9-18(10-13-21)19-8-7-16(2)17(3)15-19/h7-8,15,18H,6,9-14H2,1-5H3. The van der Waals surface area contributed by atoms with E-state index in [9.17, 15) is 0 Å². The quantitative estimate of drug-likeness (QED) is 0.709. The van der Waals surface area contributed by atoms with Gasteiger partial charge in [0.25, 0.3) is 0 Å². The molecule has 118 valence electrons. The zero-order valence-electron chi connectivity index (χ0n) is 14.7. The minimum Gasteiger partial charge on any atom is -0.303 e. The molecule has 2 rings (SSSR count). The number of aryl methyl sites for hydroxylation is 2. The maximum absolute atomic E-state index is 2.68. The second kappa shape index (κ2) is 6.96. The molecule has 0 unspecified atom stereocenters. The Morgan fingerprint density at radius 3 is 2.33 bits per heavy atom. The lowest BCUT2D eigenvalue weighted by Gasteiger charge is -2.34. The van der Waals surface area contributed by atoms with E-state index in [0.717, 1.165) is 5.92 Å². The monoisotopic (exact) mass is 287 g/mol. The normalized spacial score (nSPS) is 18.1. The average Bonchev–Trinajstić information content (AvgIpc) is 2.49. The molecule has 1 aliphatic heterocycles. The largest absolute Gasteiger partial charge is 0.303 e. The number of piperidine rings is 1. The molecule has 0 saturated carbocycles. The van der Waals surface area contributed by atoms with Gasteiger partial charge in [0.05, 0.1) is 0 Å². The summed E-state index contributed by atoms with van der Waals surface area (Å²) in [5.74, 6) is 0.778. The first-order valence-corrected chi connectivity index (χ1v) is 8.71. The molecule has 1 saturated heterocycles. The smallest absolute Gasteiger partial charge is 0.00129 e. The van der Waals surface area contributed by atoms with Gasteiger partial charge in [-0.3, -0.25) is 0 Å². The zero-order chi connectivity index (χ0) is 15.5. The van der Waals surface area contributed by atoms with E-state index in [0.29, 0.717) is 5.41 Å². The molecule has 0 N–H and O–H groups in total. The molecule has 1 heterocycles. The maximum Gasteiger partial charge on any atom is -0.00129 e. The molecular weight excluding hydrogens is 254 g/mol. The number of benzene rings is 1. The van der Waals surface area contributed by atoms with Crippen molar-refractivity contribution in [3.8, 4) is 0 Å². The van der Waals surface area contributed by atoms with Gasteiger partial charge in [0.15, 0.2) is 0 Å². The summed E-state index contributed by atoms with van der Waals surface area (Å²) in [6.07, 6.45) is 5.27. The van der Waals surface area contributed by atoms with E-state index in [-0.39, 0.29) is 0 Å². The molecule has 0 aromatic heterocycles. The van der Waals surface area contributed by atoms with Crippen molar-refractivity contribution >= 4 is 0 Å². The summed E-state index contributed by atoms with van der Waals surface area (Å²) in [5, 5.41) is 0. The third-order valence-electron chi connectivity index (χ3n) is 5.65. The van der Waals surface area contributed by atoms with Gasteiger partial charge in [-0.2, -0.15) is 0 Å². The Bertz CT molecular complexity index is 453. The lowest BCUT2D eigenvalue weighted by Crippen LogP contribution is -2.35. The Morgan fingerprint density at radius 1 is 1.10 bits per heavy atom. The molecule has 1 nitrogen and oxygen atoms in total. The van der Waals surface area contributed by atoms with E-state index in [1.165, 1.54) is 56.4 Å². The van der Waals surface area contributed by atoms with Crippen LogP contribution in [0.15, 0.2) is 18.2 Å². The molecule has 0 spiro atoms. The van der Waals surface area contributed by atoms with Crippen LogP contribution in [0.4, 0.5) is 0 Å². The lowest BCUT2D eigenvalue weighted by atomic mass is 9.85. The predicted molar refractivity (Wildman–Crippen MR) is 93.0 cm³/mol. The van der Waals surface area contributed by atoms with Gasteiger partial charge in [-0.05, 0) is 80.8 Å². The fourth-order valence-electron chi connectivity index (χ4n) is 3.15. The Balaban J connectivity index is 1.84. The Kier molecular flexibility index (Phi) is 5.48. The van der Waals surface area contributed by atoms with Crippen molar-refractivity contribution in [2.75, 3.05) is 19.6 Å². The fourth-order valence-corrected chi connectivity index (χ4v) is 3.15. The third-order valence-corrected chi connectivity index (χ3v) is 5.65. The van der Waals surface area contributed by atoms with Crippen LogP contribution in [-0.4, -0.2) is 24.5 Å². The van der Waals surface area contributed by atoms with Crippen molar-refractivity contribution in [3.05, 3.63) is 34.9 Å². The fraction of sp³-hybridized carbons (Fsp3) is 0.700. The van der Waals surface area contributed by atoms with E-state index < -0.39 is 0 Å². The minimum atomic E-state index is 0.505. The summed E-state index contributed by atoms with van der Waals surface area (Å²) in [7, 11) is 0. The highest BCUT2D eigenvalue weighted by Crippen LogP contribution is 2.30. The van der Waals surface area contributed by atoms with Gasteiger partial charge in [-0.15, -0.1) is 0 Å².